The largest absolute Gasteiger partial charge is 0.397 e. The van der Waals surface area contributed by atoms with E-state index in [-0.39, 0.29) is 12.0 Å². The van der Waals surface area contributed by atoms with Crippen molar-refractivity contribution in [2.75, 3.05) is 11.1 Å². The molecule has 0 bridgehead atoms. The van der Waals surface area contributed by atoms with Gasteiger partial charge in [0, 0.05) is 5.02 Å². The Labute approximate surface area is 118 Å². The van der Waals surface area contributed by atoms with E-state index in [9.17, 15) is 4.79 Å². The van der Waals surface area contributed by atoms with Gasteiger partial charge in [-0.3, -0.25) is 4.79 Å². The quantitative estimate of drug-likeness (QED) is 0.834. The smallest absolute Gasteiger partial charge is 0.253 e. The van der Waals surface area contributed by atoms with E-state index in [2.05, 4.69) is 5.32 Å². The van der Waals surface area contributed by atoms with Crippen molar-refractivity contribution >= 4 is 28.9 Å². The van der Waals surface area contributed by atoms with Crippen LogP contribution in [0.3, 0.4) is 0 Å². The van der Waals surface area contributed by atoms with Crippen molar-refractivity contribution < 1.29 is 9.53 Å². The summed E-state index contributed by atoms with van der Waals surface area (Å²) in [5.74, 6) is -0.180. The molecule has 1 aromatic carbocycles. The van der Waals surface area contributed by atoms with E-state index < -0.39 is 6.10 Å². The maximum absolute atomic E-state index is 12.0. The van der Waals surface area contributed by atoms with Crippen LogP contribution in [0, 0.1) is 0 Å². The van der Waals surface area contributed by atoms with Gasteiger partial charge >= 0.3 is 0 Å². The number of carbonyl (C=O) groups is 1. The predicted octanol–water partition coefficient (Wildman–Crippen LogP) is 3.21. The van der Waals surface area contributed by atoms with Crippen molar-refractivity contribution in [2.24, 2.45) is 0 Å². The lowest BCUT2D eigenvalue weighted by molar-refractivity contribution is -0.129. The van der Waals surface area contributed by atoms with Crippen LogP contribution in [0.1, 0.15) is 32.6 Å². The van der Waals surface area contributed by atoms with Crippen molar-refractivity contribution in [3.8, 4) is 0 Å². The number of nitrogens with one attached hydrogen (secondary N) is 1. The van der Waals surface area contributed by atoms with Crippen molar-refractivity contribution in [1.82, 2.24) is 0 Å². The third-order valence-electron chi connectivity index (χ3n) is 3.34. The third-order valence-corrected chi connectivity index (χ3v) is 3.57. The van der Waals surface area contributed by atoms with E-state index in [1.807, 2.05) is 0 Å². The lowest BCUT2D eigenvalue weighted by Crippen LogP contribution is -2.31. The Balaban J connectivity index is 1.92. The summed E-state index contributed by atoms with van der Waals surface area (Å²) in [6.07, 6.45) is 4.19. The third kappa shape index (κ3) is 3.85. The summed E-state index contributed by atoms with van der Waals surface area (Å²) in [5, 5.41) is 3.31. The van der Waals surface area contributed by atoms with Crippen molar-refractivity contribution in [3.63, 3.8) is 0 Å². The molecule has 2 rings (SSSR count). The average Bonchev–Trinajstić information content (AvgIpc) is 2.85. The lowest BCUT2D eigenvalue weighted by Gasteiger charge is -2.18. The molecule has 0 saturated heterocycles. The molecule has 1 aliphatic carbocycles. The number of rotatable bonds is 4. The zero-order valence-corrected chi connectivity index (χ0v) is 11.7. The molecule has 4 nitrogen and oxygen atoms in total. The Bertz CT molecular complexity index is 459. The second-order valence-electron chi connectivity index (χ2n) is 4.91. The summed E-state index contributed by atoms with van der Waals surface area (Å²) in [5.41, 5.74) is 6.81. The normalized spacial score (nSPS) is 17.4. The van der Waals surface area contributed by atoms with Crippen LogP contribution in [-0.4, -0.2) is 18.1 Å². The fourth-order valence-electron chi connectivity index (χ4n) is 2.26. The number of ether oxygens (including phenoxy) is 1. The van der Waals surface area contributed by atoms with Crippen molar-refractivity contribution in [1.29, 1.82) is 0 Å². The van der Waals surface area contributed by atoms with Gasteiger partial charge in [-0.25, -0.2) is 0 Å². The van der Waals surface area contributed by atoms with Crippen LogP contribution in [0.5, 0.6) is 0 Å². The molecule has 1 aromatic rings. The van der Waals surface area contributed by atoms with E-state index in [4.69, 9.17) is 22.1 Å². The van der Waals surface area contributed by atoms with Gasteiger partial charge in [0.2, 0.25) is 0 Å². The molecule has 1 aliphatic rings. The molecule has 0 radical (unpaired) electrons. The van der Waals surface area contributed by atoms with Crippen molar-refractivity contribution in [3.05, 3.63) is 23.2 Å². The number of hydrogen-bond donors (Lipinski definition) is 2. The number of carbonyl (C=O) groups excluding carboxylic acids is 1. The van der Waals surface area contributed by atoms with Crippen LogP contribution in [-0.2, 0) is 9.53 Å². The number of anilines is 2. The zero-order chi connectivity index (χ0) is 13.8. The highest BCUT2D eigenvalue weighted by Gasteiger charge is 2.22. The molecular formula is C14H19ClN2O2. The average molecular weight is 283 g/mol. The summed E-state index contributed by atoms with van der Waals surface area (Å²) in [7, 11) is 0. The first-order valence-electron chi connectivity index (χ1n) is 6.57. The van der Waals surface area contributed by atoms with Gasteiger partial charge in [0.15, 0.2) is 0 Å². The molecule has 0 spiro atoms. The summed E-state index contributed by atoms with van der Waals surface area (Å²) >= 11 is 5.81. The van der Waals surface area contributed by atoms with Gasteiger partial charge in [-0.05, 0) is 38.0 Å². The van der Waals surface area contributed by atoms with Gasteiger partial charge in [0.05, 0.1) is 17.5 Å². The van der Waals surface area contributed by atoms with Crippen LogP contribution in [0.4, 0.5) is 11.4 Å². The topological polar surface area (TPSA) is 64.3 Å². The first-order chi connectivity index (χ1) is 9.06. The van der Waals surface area contributed by atoms with Crippen LogP contribution in [0.2, 0.25) is 5.02 Å². The van der Waals surface area contributed by atoms with Gasteiger partial charge in [-0.2, -0.15) is 0 Å². The molecule has 1 atom stereocenters. The fraction of sp³-hybridized carbons (Fsp3) is 0.500. The minimum atomic E-state index is -0.474. The molecule has 104 valence electrons. The zero-order valence-electron chi connectivity index (χ0n) is 11.0. The second kappa shape index (κ2) is 6.26. The van der Waals surface area contributed by atoms with E-state index in [1.54, 1.807) is 25.1 Å². The second-order valence-corrected chi connectivity index (χ2v) is 5.34. The molecule has 3 N–H and O–H groups in total. The molecule has 0 heterocycles. The van der Waals surface area contributed by atoms with Crippen LogP contribution >= 0.6 is 11.6 Å². The molecule has 1 fully saturated rings. The monoisotopic (exact) mass is 282 g/mol. The molecule has 1 amide bonds. The standard InChI is InChI=1S/C14H19ClN2O2/c1-9(19-11-4-2-3-5-11)14(18)17-13-7-6-10(15)8-12(13)16/h6-9,11H,2-5,16H2,1H3,(H,17,18). The predicted molar refractivity (Wildman–Crippen MR) is 77.3 cm³/mol. The molecule has 19 heavy (non-hydrogen) atoms. The van der Waals surface area contributed by atoms with Gasteiger partial charge < -0.3 is 15.8 Å². The van der Waals surface area contributed by atoms with Gasteiger partial charge in [0.25, 0.3) is 5.91 Å². The summed E-state index contributed by atoms with van der Waals surface area (Å²) in [6, 6.07) is 4.99. The molecular weight excluding hydrogens is 264 g/mol. The molecule has 1 saturated carbocycles. The summed E-state index contributed by atoms with van der Waals surface area (Å²) in [6.45, 7) is 1.76. The van der Waals surface area contributed by atoms with Crippen molar-refractivity contribution in [2.45, 2.75) is 44.8 Å². The number of nitrogens with two attached hydrogens (primary N) is 1. The minimum Gasteiger partial charge on any atom is -0.397 e. The molecule has 0 aromatic heterocycles. The highest BCUT2D eigenvalue weighted by atomic mass is 35.5. The SMILES string of the molecule is CC(OC1CCCC1)C(=O)Nc1ccc(Cl)cc1N. The maximum atomic E-state index is 12.0. The Morgan fingerprint density at radius 3 is 2.79 bits per heavy atom. The van der Waals surface area contributed by atoms with Crippen LogP contribution < -0.4 is 11.1 Å². The maximum Gasteiger partial charge on any atom is 0.253 e. The minimum absolute atomic E-state index is 0.180. The van der Waals surface area contributed by atoms with Crippen LogP contribution in [0.25, 0.3) is 0 Å². The first-order valence-corrected chi connectivity index (χ1v) is 6.95. The van der Waals surface area contributed by atoms with Gasteiger partial charge in [-0.1, -0.05) is 24.4 Å². The Morgan fingerprint density at radius 1 is 1.47 bits per heavy atom. The first kappa shape index (κ1) is 14.2. The van der Waals surface area contributed by atoms with Crippen LogP contribution in [0.15, 0.2) is 18.2 Å². The number of nitrogen functional groups attached to an aromatic ring is 1. The number of hydrogen-bond acceptors (Lipinski definition) is 3. The number of amides is 1. The van der Waals surface area contributed by atoms with E-state index in [0.29, 0.717) is 16.4 Å². The Hall–Kier alpha value is -1.26. The highest BCUT2D eigenvalue weighted by Crippen LogP contribution is 2.24. The molecule has 0 aliphatic heterocycles. The Morgan fingerprint density at radius 2 is 2.16 bits per heavy atom. The highest BCUT2D eigenvalue weighted by molar-refractivity contribution is 6.31. The molecule has 1 unspecified atom stereocenters. The van der Waals surface area contributed by atoms with E-state index in [1.165, 1.54) is 12.8 Å². The molecule has 5 heteroatoms. The number of halogens is 1. The number of benzene rings is 1. The van der Waals surface area contributed by atoms with E-state index in [0.717, 1.165) is 12.8 Å². The lowest BCUT2D eigenvalue weighted by atomic mass is 10.2. The van der Waals surface area contributed by atoms with Gasteiger partial charge in [0.1, 0.15) is 6.10 Å². The van der Waals surface area contributed by atoms with Gasteiger partial charge in [-0.15, -0.1) is 0 Å². The Kier molecular flexibility index (Phi) is 4.66. The fourth-order valence-corrected chi connectivity index (χ4v) is 2.44. The summed E-state index contributed by atoms with van der Waals surface area (Å²) in [4.78, 5) is 12.0. The van der Waals surface area contributed by atoms with E-state index >= 15 is 0 Å². The summed E-state index contributed by atoms with van der Waals surface area (Å²) < 4.78 is 5.73.